The minimum Gasteiger partial charge on any atom is -0.489 e. The molecule has 176 valence electrons. The number of H-pyrrole nitrogens is 1. The van der Waals surface area contributed by atoms with Crippen LogP contribution in [0, 0.1) is 11.3 Å². The van der Waals surface area contributed by atoms with Gasteiger partial charge in [-0.05, 0) is 35.9 Å². The normalized spacial score (nSPS) is 11.0. The predicted molar refractivity (Wildman–Crippen MR) is 117 cm³/mol. The number of rotatable bonds is 6. The quantitative estimate of drug-likeness (QED) is 0.434. The number of carbonyl (C=O) groups is 1. The van der Waals surface area contributed by atoms with Gasteiger partial charge in [0.05, 0.1) is 23.4 Å². The smallest absolute Gasteiger partial charge is 0.434 e. The van der Waals surface area contributed by atoms with Crippen molar-refractivity contribution in [2.24, 2.45) is 0 Å². The zero-order chi connectivity index (χ0) is 25.0. The number of amides is 1. The highest BCUT2D eigenvalue weighted by atomic mass is 19.4. The third kappa shape index (κ3) is 5.36. The Hall–Kier alpha value is -4.92. The summed E-state index contributed by atoms with van der Waals surface area (Å²) in [4.78, 5) is 23.9. The Bertz CT molecular complexity index is 1470. The molecule has 12 heteroatoms. The number of carbonyl (C=O) groups excluding carboxylic acids is 1. The topological polar surface area (TPSA) is 126 Å². The number of nitrogens with zero attached hydrogens (tertiary/aromatic N) is 4. The molecule has 0 unspecified atom stereocenters. The molecule has 0 atom stereocenters. The Morgan fingerprint density at radius 3 is 2.66 bits per heavy atom. The largest absolute Gasteiger partial charge is 0.489 e. The van der Waals surface area contributed by atoms with E-state index in [9.17, 15) is 22.8 Å². The van der Waals surface area contributed by atoms with Crippen LogP contribution in [0.4, 0.5) is 18.9 Å². The summed E-state index contributed by atoms with van der Waals surface area (Å²) < 4.78 is 47.5. The van der Waals surface area contributed by atoms with Crippen molar-refractivity contribution in [3.05, 3.63) is 99.6 Å². The fourth-order valence-corrected chi connectivity index (χ4v) is 3.18. The minimum absolute atomic E-state index is 0.143. The lowest BCUT2D eigenvalue weighted by atomic mass is 10.1. The van der Waals surface area contributed by atoms with Gasteiger partial charge in [0.2, 0.25) is 0 Å². The van der Waals surface area contributed by atoms with Gasteiger partial charge in [-0.25, -0.2) is 9.78 Å². The van der Waals surface area contributed by atoms with Crippen LogP contribution in [0.15, 0.2) is 71.7 Å². The second kappa shape index (κ2) is 9.52. The van der Waals surface area contributed by atoms with Crippen molar-refractivity contribution in [2.75, 3.05) is 5.32 Å². The number of aromatic amines is 1. The maximum absolute atomic E-state index is 13.8. The van der Waals surface area contributed by atoms with Crippen LogP contribution in [0.5, 0.6) is 5.75 Å². The van der Waals surface area contributed by atoms with Gasteiger partial charge in [0.15, 0.2) is 11.5 Å². The molecule has 9 nitrogen and oxygen atoms in total. The van der Waals surface area contributed by atoms with Gasteiger partial charge >= 0.3 is 6.18 Å². The Morgan fingerprint density at radius 1 is 1.14 bits per heavy atom. The lowest BCUT2D eigenvalue weighted by molar-refractivity contribution is -0.143. The zero-order valence-electron chi connectivity index (χ0n) is 17.7. The third-order valence-corrected chi connectivity index (χ3v) is 4.72. The molecular formula is C23H15F3N6O3. The molecule has 2 aromatic carbocycles. The molecule has 0 aliphatic carbocycles. The average Bonchev–Trinajstić information content (AvgIpc) is 3.30. The number of aromatic nitrogens is 4. The summed E-state index contributed by atoms with van der Waals surface area (Å²) in [6, 6.07) is 17.0. The Morgan fingerprint density at radius 2 is 1.94 bits per heavy atom. The molecule has 0 aliphatic rings. The first-order valence-electron chi connectivity index (χ1n) is 9.99. The molecule has 2 heterocycles. The van der Waals surface area contributed by atoms with Crippen LogP contribution in [0.1, 0.15) is 27.2 Å². The highest BCUT2D eigenvalue weighted by Gasteiger charge is 2.41. The van der Waals surface area contributed by atoms with Crippen molar-refractivity contribution < 1.29 is 22.7 Å². The van der Waals surface area contributed by atoms with Gasteiger partial charge in [0, 0.05) is 17.8 Å². The SMILES string of the molecule is N#Cc1cccc(COc2cccc(NC(=O)c3cnn(-c4ccc(=O)[nH]n4)c3C(F)(F)F)c2)c1. The molecule has 0 saturated heterocycles. The number of hydrogen-bond acceptors (Lipinski definition) is 6. The molecule has 0 bridgehead atoms. The van der Waals surface area contributed by atoms with E-state index in [0.717, 1.165) is 23.9 Å². The summed E-state index contributed by atoms with van der Waals surface area (Å²) >= 11 is 0. The van der Waals surface area contributed by atoms with Crippen LogP contribution in [0.2, 0.25) is 0 Å². The molecule has 2 aromatic heterocycles. The number of halogens is 3. The van der Waals surface area contributed by atoms with Crippen molar-refractivity contribution in [3.63, 3.8) is 0 Å². The highest BCUT2D eigenvalue weighted by Crippen LogP contribution is 2.33. The number of benzene rings is 2. The fourth-order valence-electron chi connectivity index (χ4n) is 3.18. The molecule has 0 aliphatic heterocycles. The minimum atomic E-state index is -4.94. The molecule has 0 spiro atoms. The van der Waals surface area contributed by atoms with Crippen LogP contribution in [0.3, 0.4) is 0 Å². The molecule has 0 radical (unpaired) electrons. The van der Waals surface area contributed by atoms with E-state index in [0.29, 0.717) is 16.0 Å². The van der Waals surface area contributed by atoms with Gasteiger partial charge in [-0.1, -0.05) is 18.2 Å². The zero-order valence-corrected chi connectivity index (χ0v) is 17.7. The van der Waals surface area contributed by atoms with E-state index < -0.39 is 28.9 Å². The molecular weight excluding hydrogens is 465 g/mol. The van der Waals surface area contributed by atoms with Crippen LogP contribution in [0.25, 0.3) is 5.82 Å². The van der Waals surface area contributed by atoms with E-state index in [-0.39, 0.29) is 18.1 Å². The summed E-state index contributed by atoms with van der Waals surface area (Å²) in [5, 5.41) is 20.6. The lowest BCUT2D eigenvalue weighted by Crippen LogP contribution is -2.21. The number of ether oxygens (including phenoxy) is 1. The van der Waals surface area contributed by atoms with Gasteiger partial charge in [0.1, 0.15) is 12.4 Å². The standard InChI is InChI=1S/C23H15F3N6O3/c24-23(25,26)21-18(12-28-32(21)19-7-8-20(33)31-30-19)22(34)29-16-5-2-6-17(10-16)35-13-15-4-1-3-14(9-15)11-27/h1-10,12H,13H2,(H,29,34)(H,31,33). The van der Waals surface area contributed by atoms with Crippen LogP contribution >= 0.6 is 0 Å². The lowest BCUT2D eigenvalue weighted by Gasteiger charge is -2.12. The molecule has 4 aromatic rings. The van der Waals surface area contributed by atoms with E-state index in [1.54, 1.807) is 36.4 Å². The second-order valence-corrected chi connectivity index (χ2v) is 7.18. The first-order chi connectivity index (χ1) is 16.7. The molecule has 2 N–H and O–H groups in total. The van der Waals surface area contributed by atoms with E-state index in [1.165, 1.54) is 12.1 Å². The summed E-state index contributed by atoms with van der Waals surface area (Å²) in [7, 11) is 0. The van der Waals surface area contributed by atoms with Crippen molar-refractivity contribution in [3.8, 4) is 17.6 Å². The van der Waals surface area contributed by atoms with Gasteiger partial charge in [-0.2, -0.15) is 28.6 Å². The summed E-state index contributed by atoms with van der Waals surface area (Å²) in [5.74, 6) is -1.01. The first kappa shape index (κ1) is 23.2. The Kier molecular flexibility index (Phi) is 6.32. The van der Waals surface area contributed by atoms with E-state index in [2.05, 4.69) is 15.5 Å². The van der Waals surface area contributed by atoms with Gasteiger partial charge in [-0.3, -0.25) is 9.59 Å². The number of nitrogens with one attached hydrogen (secondary N) is 2. The van der Waals surface area contributed by atoms with Crippen molar-refractivity contribution in [1.29, 1.82) is 5.26 Å². The van der Waals surface area contributed by atoms with E-state index >= 15 is 0 Å². The summed E-state index contributed by atoms with van der Waals surface area (Å²) in [5.41, 5.74) is -1.26. The molecule has 4 rings (SSSR count). The van der Waals surface area contributed by atoms with Crippen molar-refractivity contribution in [2.45, 2.75) is 12.8 Å². The molecule has 0 saturated carbocycles. The number of anilines is 1. The summed E-state index contributed by atoms with van der Waals surface area (Å²) in [6.45, 7) is 0.143. The van der Waals surface area contributed by atoms with Crippen molar-refractivity contribution >= 4 is 11.6 Å². The van der Waals surface area contributed by atoms with Gasteiger partial charge in [-0.15, -0.1) is 0 Å². The van der Waals surface area contributed by atoms with E-state index in [4.69, 9.17) is 10.00 Å². The number of nitriles is 1. The second-order valence-electron chi connectivity index (χ2n) is 7.18. The van der Waals surface area contributed by atoms with Crippen LogP contribution in [-0.2, 0) is 12.8 Å². The number of alkyl halides is 3. The fraction of sp³-hybridized carbons (Fsp3) is 0.0870. The Labute approximate surface area is 195 Å². The third-order valence-electron chi connectivity index (χ3n) is 4.72. The van der Waals surface area contributed by atoms with Gasteiger partial charge in [0.25, 0.3) is 11.5 Å². The first-order valence-corrected chi connectivity index (χ1v) is 9.99. The van der Waals surface area contributed by atoms with E-state index in [1.807, 2.05) is 11.2 Å². The maximum atomic E-state index is 13.8. The van der Waals surface area contributed by atoms with Crippen LogP contribution < -0.4 is 15.6 Å². The molecule has 1 amide bonds. The molecule has 35 heavy (non-hydrogen) atoms. The number of hydrogen-bond donors (Lipinski definition) is 2. The van der Waals surface area contributed by atoms with Crippen LogP contribution in [-0.4, -0.2) is 25.9 Å². The van der Waals surface area contributed by atoms with Crippen molar-refractivity contribution in [1.82, 2.24) is 20.0 Å². The van der Waals surface area contributed by atoms with Gasteiger partial charge < -0.3 is 10.1 Å². The average molecular weight is 480 g/mol. The monoisotopic (exact) mass is 480 g/mol. The summed E-state index contributed by atoms with van der Waals surface area (Å²) in [6.07, 6.45) is -4.17. The molecule has 0 fully saturated rings. The maximum Gasteiger partial charge on any atom is 0.434 e. The Balaban J connectivity index is 1.54. The predicted octanol–water partition coefficient (Wildman–Crippen LogP) is 3.68. The highest BCUT2D eigenvalue weighted by molar-refractivity contribution is 6.05.